The average Bonchev–Trinajstić information content (AvgIpc) is 2.84. The van der Waals surface area contributed by atoms with Gasteiger partial charge in [0.2, 0.25) is 0 Å². The predicted octanol–water partition coefficient (Wildman–Crippen LogP) is 3.20. The van der Waals surface area contributed by atoms with Crippen molar-refractivity contribution in [1.29, 1.82) is 0 Å². The Kier molecular flexibility index (Phi) is 3.48. The molecule has 0 fully saturated rings. The zero-order valence-electron chi connectivity index (χ0n) is 11.1. The van der Waals surface area contributed by atoms with Crippen molar-refractivity contribution in [2.24, 2.45) is 0 Å². The number of anilines is 2. The molecule has 1 amide bonds. The highest BCUT2D eigenvalue weighted by molar-refractivity contribution is 7.21. The molecule has 0 bridgehead atoms. The Morgan fingerprint density at radius 2 is 2.00 bits per heavy atom. The summed E-state index contributed by atoms with van der Waals surface area (Å²) in [6, 6.07) is 7.15. The molecule has 0 aliphatic rings. The molecule has 0 atom stereocenters. The Hall–Kier alpha value is -2.18. The molecule has 3 rings (SSSR count). The topological polar surface area (TPSA) is 72.1 Å². The fraction of sp³-hybridized carbons (Fsp3) is 0.0714. The summed E-state index contributed by atoms with van der Waals surface area (Å²) in [7, 11) is 1.64. The summed E-state index contributed by atoms with van der Waals surface area (Å²) >= 11 is 7.34. The van der Waals surface area contributed by atoms with Gasteiger partial charge in [0, 0.05) is 19.4 Å². The fourth-order valence-electron chi connectivity index (χ4n) is 2.00. The summed E-state index contributed by atoms with van der Waals surface area (Å²) in [4.78, 5) is 22.7. The largest absolute Gasteiger partial charge is 0.396 e. The molecule has 3 heterocycles. The van der Waals surface area contributed by atoms with Gasteiger partial charge < -0.3 is 10.6 Å². The summed E-state index contributed by atoms with van der Waals surface area (Å²) in [6.07, 6.45) is 3.23. The van der Waals surface area contributed by atoms with Crippen LogP contribution in [0.2, 0.25) is 5.15 Å². The van der Waals surface area contributed by atoms with Crippen LogP contribution < -0.4 is 10.6 Å². The Morgan fingerprint density at radius 1 is 1.29 bits per heavy atom. The minimum Gasteiger partial charge on any atom is -0.396 e. The fourth-order valence-corrected chi connectivity index (χ4v) is 3.30. The minimum absolute atomic E-state index is 0.231. The van der Waals surface area contributed by atoms with E-state index in [-0.39, 0.29) is 11.1 Å². The van der Waals surface area contributed by atoms with Crippen LogP contribution in [0.3, 0.4) is 0 Å². The average molecular weight is 319 g/mol. The highest BCUT2D eigenvalue weighted by atomic mass is 35.5. The number of carbonyl (C=O) groups excluding carboxylic acids is 1. The third kappa shape index (κ3) is 2.32. The van der Waals surface area contributed by atoms with Crippen molar-refractivity contribution in [3.63, 3.8) is 0 Å². The summed E-state index contributed by atoms with van der Waals surface area (Å²) in [5, 5.41) is 0.270. The quantitative estimate of drug-likeness (QED) is 0.736. The molecular weight excluding hydrogens is 308 g/mol. The third-order valence-corrected chi connectivity index (χ3v) is 4.52. The van der Waals surface area contributed by atoms with E-state index in [1.54, 1.807) is 31.6 Å². The monoisotopic (exact) mass is 318 g/mol. The Bertz CT molecular complexity index is 833. The van der Waals surface area contributed by atoms with Crippen LogP contribution in [0.15, 0.2) is 36.7 Å². The Balaban J connectivity index is 2.04. The number of nitrogens with zero attached hydrogens (tertiary/aromatic N) is 3. The molecule has 106 valence electrons. The van der Waals surface area contributed by atoms with Crippen LogP contribution in [0.4, 0.5) is 11.4 Å². The van der Waals surface area contributed by atoms with Crippen LogP contribution in [-0.4, -0.2) is 22.9 Å². The number of amides is 1. The van der Waals surface area contributed by atoms with Gasteiger partial charge in [-0.2, -0.15) is 0 Å². The minimum atomic E-state index is -0.231. The number of hydrogen-bond donors (Lipinski definition) is 1. The smallest absolute Gasteiger partial charge is 0.270 e. The van der Waals surface area contributed by atoms with Crippen molar-refractivity contribution in [1.82, 2.24) is 9.97 Å². The standard InChI is InChI=1S/C14H11ClN4OS/c1-19(8-4-2-7-18-13(8)15)14(20)12-10(16)11-9(21-12)5-3-6-17-11/h2-7H,16H2,1H3. The molecule has 0 saturated heterocycles. The second kappa shape index (κ2) is 5.31. The lowest BCUT2D eigenvalue weighted by atomic mass is 10.3. The van der Waals surface area contributed by atoms with Gasteiger partial charge in [-0.3, -0.25) is 9.78 Å². The van der Waals surface area contributed by atoms with Gasteiger partial charge >= 0.3 is 0 Å². The predicted molar refractivity (Wildman–Crippen MR) is 86.0 cm³/mol. The number of nitrogens with two attached hydrogens (primary N) is 1. The highest BCUT2D eigenvalue weighted by Gasteiger charge is 2.22. The highest BCUT2D eigenvalue weighted by Crippen LogP contribution is 2.34. The molecule has 5 nitrogen and oxygen atoms in total. The molecule has 0 spiro atoms. The molecule has 0 unspecified atom stereocenters. The number of carbonyl (C=O) groups is 1. The molecule has 21 heavy (non-hydrogen) atoms. The van der Waals surface area contributed by atoms with Crippen LogP contribution in [0.5, 0.6) is 0 Å². The van der Waals surface area contributed by atoms with E-state index in [0.717, 1.165) is 4.70 Å². The number of hydrogen-bond acceptors (Lipinski definition) is 5. The first-order valence-corrected chi connectivity index (χ1v) is 7.30. The van der Waals surface area contributed by atoms with E-state index in [1.165, 1.54) is 16.2 Å². The van der Waals surface area contributed by atoms with Gasteiger partial charge in [-0.1, -0.05) is 11.6 Å². The van der Waals surface area contributed by atoms with Crippen LogP contribution in [0.25, 0.3) is 10.2 Å². The van der Waals surface area contributed by atoms with Crippen molar-refractivity contribution in [2.45, 2.75) is 0 Å². The van der Waals surface area contributed by atoms with Crippen molar-refractivity contribution in [3.05, 3.63) is 46.7 Å². The van der Waals surface area contributed by atoms with E-state index < -0.39 is 0 Å². The van der Waals surface area contributed by atoms with E-state index in [1.807, 2.05) is 12.1 Å². The van der Waals surface area contributed by atoms with Crippen molar-refractivity contribution in [2.75, 3.05) is 17.7 Å². The van der Waals surface area contributed by atoms with Gasteiger partial charge in [0.15, 0.2) is 5.15 Å². The third-order valence-electron chi connectivity index (χ3n) is 3.08. The van der Waals surface area contributed by atoms with E-state index in [0.29, 0.717) is 21.8 Å². The first-order valence-electron chi connectivity index (χ1n) is 6.11. The van der Waals surface area contributed by atoms with Gasteiger partial charge in [0.1, 0.15) is 10.4 Å². The van der Waals surface area contributed by atoms with Crippen LogP contribution in [0.1, 0.15) is 9.67 Å². The van der Waals surface area contributed by atoms with Gasteiger partial charge in [0.05, 0.1) is 16.1 Å². The number of pyridine rings is 2. The maximum absolute atomic E-state index is 12.6. The number of rotatable bonds is 2. The maximum Gasteiger partial charge on any atom is 0.270 e. The van der Waals surface area contributed by atoms with Crippen LogP contribution in [-0.2, 0) is 0 Å². The van der Waals surface area contributed by atoms with Gasteiger partial charge in [0.25, 0.3) is 5.91 Å². The van der Waals surface area contributed by atoms with Gasteiger partial charge in [-0.15, -0.1) is 11.3 Å². The molecule has 0 saturated carbocycles. The number of aromatic nitrogens is 2. The summed E-state index contributed by atoms with van der Waals surface area (Å²) in [5.41, 5.74) is 7.63. The molecular formula is C14H11ClN4OS. The van der Waals surface area contributed by atoms with Crippen molar-refractivity contribution >= 4 is 50.4 Å². The molecule has 0 aliphatic heterocycles. The molecule has 0 radical (unpaired) electrons. The van der Waals surface area contributed by atoms with Gasteiger partial charge in [-0.25, -0.2) is 4.98 Å². The first-order chi connectivity index (χ1) is 10.1. The van der Waals surface area contributed by atoms with E-state index in [9.17, 15) is 4.79 Å². The molecule has 2 N–H and O–H groups in total. The molecule has 0 aromatic carbocycles. The summed E-state index contributed by atoms with van der Waals surface area (Å²) in [5.74, 6) is -0.231. The second-order valence-corrected chi connectivity index (χ2v) is 5.78. The van der Waals surface area contributed by atoms with E-state index in [2.05, 4.69) is 9.97 Å². The van der Waals surface area contributed by atoms with Crippen molar-refractivity contribution in [3.8, 4) is 0 Å². The number of fused-ring (bicyclic) bond motifs is 1. The van der Waals surface area contributed by atoms with Crippen LogP contribution >= 0.6 is 22.9 Å². The lowest BCUT2D eigenvalue weighted by Crippen LogP contribution is -2.26. The SMILES string of the molecule is CN(C(=O)c1sc2cccnc2c1N)c1cccnc1Cl. The normalized spacial score (nSPS) is 10.8. The molecule has 0 aliphatic carbocycles. The molecule has 3 aromatic rings. The number of halogens is 1. The number of thiophene rings is 1. The molecule has 3 aromatic heterocycles. The maximum atomic E-state index is 12.6. The van der Waals surface area contributed by atoms with Gasteiger partial charge in [-0.05, 0) is 24.3 Å². The van der Waals surface area contributed by atoms with E-state index in [4.69, 9.17) is 17.3 Å². The number of nitrogen functional groups attached to an aromatic ring is 1. The Labute approximate surface area is 130 Å². The van der Waals surface area contributed by atoms with Crippen LogP contribution in [0, 0.1) is 0 Å². The molecule has 7 heteroatoms. The zero-order valence-corrected chi connectivity index (χ0v) is 12.6. The lowest BCUT2D eigenvalue weighted by Gasteiger charge is -2.17. The summed E-state index contributed by atoms with van der Waals surface area (Å²) < 4.78 is 0.879. The second-order valence-electron chi connectivity index (χ2n) is 4.37. The van der Waals surface area contributed by atoms with E-state index >= 15 is 0 Å². The Morgan fingerprint density at radius 3 is 2.71 bits per heavy atom. The zero-order chi connectivity index (χ0) is 15.0. The summed E-state index contributed by atoms with van der Waals surface area (Å²) in [6.45, 7) is 0. The lowest BCUT2D eigenvalue weighted by molar-refractivity contribution is 0.0997. The first kappa shape index (κ1) is 13.8. The van der Waals surface area contributed by atoms with Crippen molar-refractivity contribution < 1.29 is 4.79 Å².